The van der Waals surface area contributed by atoms with E-state index in [0.717, 1.165) is 11.4 Å². The van der Waals surface area contributed by atoms with Crippen molar-refractivity contribution in [2.45, 2.75) is 26.0 Å². The summed E-state index contributed by atoms with van der Waals surface area (Å²) < 4.78 is 7.03. The summed E-state index contributed by atoms with van der Waals surface area (Å²) in [6.45, 7) is 4.92. The van der Waals surface area contributed by atoms with E-state index >= 15 is 0 Å². The molecule has 2 atom stereocenters. The van der Waals surface area contributed by atoms with Crippen molar-refractivity contribution < 1.29 is 9.84 Å². The molecule has 0 aliphatic carbocycles. The molecule has 2 rings (SSSR count). The van der Waals surface area contributed by atoms with Crippen LogP contribution in [-0.2, 0) is 4.74 Å². The minimum atomic E-state index is -0.419. The molecule has 1 aromatic rings. The van der Waals surface area contributed by atoms with Gasteiger partial charge in [-0.15, -0.1) is 0 Å². The molecule has 1 unspecified atom stereocenters. The largest absolute Gasteiger partial charge is 0.388 e. The maximum atomic E-state index is 9.59. The van der Waals surface area contributed by atoms with E-state index in [1.165, 1.54) is 0 Å². The Hall–Kier alpha value is -0.870. The van der Waals surface area contributed by atoms with Crippen LogP contribution in [0.2, 0.25) is 0 Å². The maximum absolute atomic E-state index is 9.59. The molecule has 0 radical (unpaired) electrons. The van der Waals surface area contributed by atoms with Gasteiger partial charge in [-0.2, -0.15) is 5.10 Å². The van der Waals surface area contributed by atoms with E-state index in [-0.39, 0.29) is 6.04 Å². The van der Waals surface area contributed by atoms with Crippen molar-refractivity contribution in [2.75, 3.05) is 13.2 Å². The lowest BCUT2D eigenvalue weighted by Gasteiger charge is -2.14. The van der Waals surface area contributed by atoms with E-state index in [1.807, 2.05) is 24.6 Å². The predicted molar refractivity (Wildman–Crippen MR) is 47.6 cm³/mol. The molecule has 1 aliphatic rings. The highest BCUT2D eigenvalue weighted by Gasteiger charge is 2.29. The molecule has 4 nitrogen and oxygen atoms in total. The molecule has 0 aromatic carbocycles. The van der Waals surface area contributed by atoms with Crippen LogP contribution in [-0.4, -0.2) is 34.2 Å². The Bertz CT molecular complexity index is 309. The number of aromatic nitrogens is 2. The Morgan fingerprint density at radius 3 is 2.77 bits per heavy atom. The summed E-state index contributed by atoms with van der Waals surface area (Å²) in [6.07, 6.45) is -0.419. The molecule has 2 heterocycles. The lowest BCUT2D eigenvalue weighted by Crippen LogP contribution is -2.23. The predicted octanol–water partition coefficient (Wildman–Crippen LogP) is 0.432. The molecule has 0 spiro atoms. The minimum absolute atomic E-state index is 0.00583. The molecule has 1 N–H and O–H groups in total. The quantitative estimate of drug-likeness (QED) is 0.685. The number of hydrogen-bond acceptors (Lipinski definition) is 3. The molecule has 1 saturated heterocycles. The molecule has 72 valence electrons. The van der Waals surface area contributed by atoms with Crippen LogP contribution >= 0.6 is 0 Å². The van der Waals surface area contributed by atoms with Gasteiger partial charge >= 0.3 is 0 Å². The van der Waals surface area contributed by atoms with Gasteiger partial charge in [0.05, 0.1) is 18.9 Å². The second-order valence-corrected chi connectivity index (χ2v) is 3.54. The molecule has 13 heavy (non-hydrogen) atoms. The van der Waals surface area contributed by atoms with Crippen LogP contribution in [0, 0.1) is 13.8 Å². The monoisotopic (exact) mass is 182 g/mol. The minimum Gasteiger partial charge on any atom is -0.388 e. The van der Waals surface area contributed by atoms with Crippen LogP contribution in [0.3, 0.4) is 0 Å². The molecule has 1 aromatic heterocycles. The van der Waals surface area contributed by atoms with Crippen LogP contribution in [0.1, 0.15) is 17.4 Å². The van der Waals surface area contributed by atoms with Gasteiger partial charge in [-0.3, -0.25) is 4.68 Å². The summed E-state index contributed by atoms with van der Waals surface area (Å²) in [4.78, 5) is 0. The Morgan fingerprint density at radius 1 is 1.54 bits per heavy atom. The highest BCUT2D eigenvalue weighted by Crippen LogP contribution is 2.20. The Kier molecular flexibility index (Phi) is 2.09. The lowest BCUT2D eigenvalue weighted by atomic mass is 10.2. The number of rotatable bonds is 1. The molecular weight excluding hydrogens is 168 g/mol. The first-order valence-electron chi connectivity index (χ1n) is 4.47. The van der Waals surface area contributed by atoms with E-state index in [1.54, 1.807) is 0 Å². The van der Waals surface area contributed by atoms with Gasteiger partial charge in [-0.05, 0) is 19.9 Å². The Morgan fingerprint density at radius 2 is 2.31 bits per heavy atom. The number of ether oxygens (including phenoxy) is 1. The third kappa shape index (κ3) is 1.47. The Balaban J connectivity index is 2.28. The SMILES string of the molecule is Cc1cc(C)n(C2COC[C@H]2O)n1. The lowest BCUT2D eigenvalue weighted by molar-refractivity contribution is 0.117. The second kappa shape index (κ2) is 3.12. The number of nitrogens with zero attached hydrogens (tertiary/aromatic N) is 2. The molecular formula is C9H14N2O2. The summed E-state index contributed by atoms with van der Waals surface area (Å²) in [5, 5.41) is 13.9. The average molecular weight is 182 g/mol. The number of hydrogen-bond donors (Lipinski definition) is 1. The fourth-order valence-electron chi connectivity index (χ4n) is 1.75. The second-order valence-electron chi connectivity index (χ2n) is 3.54. The van der Waals surface area contributed by atoms with Crippen molar-refractivity contribution in [2.24, 2.45) is 0 Å². The van der Waals surface area contributed by atoms with E-state index in [0.29, 0.717) is 13.2 Å². The van der Waals surface area contributed by atoms with Crippen LogP contribution in [0.25, 0.3) is 0 Å². The summed E-state index contributed by atoms with van der Waals surface area (Å²) in [5.74, 6) is 0. The normalized spacial score (nSPS) is 28.2. The van der Waals surface area contributed by atoms with E-state index in [9.17, 15) is 5.11 Å². The number of aliphatic hydroxyl groups is 1. The van der Waals surface area contributed by atoms with Crippen LogP contribution in [0.15, 0.2) is 6.07 Å². The number of aryl methyl sites for hydroxylation is 2. The van der Waals surface area contributed by atoms with Gasteiger partial charge in [0, 0.05) is 5.69 Å². The van der Waals surface area contributed by atoms with Gasteiger partial charge in [0.15, 0.2) is 0 Å². The van der Waals surface area contributed by atoms with Crippen molar-refractivity contribution in [3.05, 3.63) is 17.5 Å². The summed E-state index contributed by atoms with van der Waals surface area (Å²) >= 11 is 0. The summed E-state index contributed by atoms with van der Waals surface area (Å²) in [6, 6.07) is 2.00. The topological polar surface area (TPSA) is 47.3 Å². The van der Waals surface area contributed by atoms with Crippen molar-refractivity contribution in [3.63, 3.8) is 0 Å². The summed E-state index contributed by atoms with van der Waals surface area (Å²) in [5.41, 5.74) is 2.06. The van der Waals surface area contributed by atoms with E-state index in [4.69, 9.17) is 4.74 Å². The van der Waals surface area contributed by atoms with Crippen LogP contribution < -0.4 is 0 Å². The van der Waals surface area contributed by atoms with Crippen molar-refractivity contribution >= 4 is 0 Å². The highest BCUT2D eigenvalue weighted by atomic mass is 16.5. The summed E-state index contributed by atoms with van der Waals surface area (Å²) in [7, 11) is 0. The standard InChI is InChI=1S/C9H14N2O2/c1-6-3-7(2)11(10-6)8-4-13-5-9(8)12/h3,8-9,12H,4-5H2,1-2H3/t8?,9-/m1/s1. The molecule has 1 aliphatic heterocycles. The smallest absolute Gasteiger partial charge is 0.104 e. The van der Waals surface area contributed by atoms with Gasteiger partial charge in [0.2, 0.25) is 0 Å². The van der Waals surface area contributed by atoms with Gasteiger partial charge < -0.3 is 9.84 Å². The van der Waals surface area contributed by atoms with Crippen LogP contribution in [0.5, 0.6) is 0 Å². The first-order chi connectivity index (χ1) is 6.18. The van der Waals surface area contributed by atoms with E-state index < -0.39 is 6.10 Å². The number of aliphatic hydroxyl groups excluding tert-OH is 1. The fourth-order valence-corrected chi connectivity index (χ4v) is 1.75. The first-order valence-corrected chi connectivity index (χ1v) is 4.47. The third-order valence-electron chi connectivity index (χ3n) is 2.38. The zero-order chi connectivity index (χ0) is 9.42. The van der Waals surface area contributed by atoms with Gasteiger partial charge in [-0.25, -0.2) is 0 Å². The average Bonchev–Trinajstić information content (AvgIpc) is 2.58. The maximum Gasteiger partial charge on any atom is 0.104 e. The van der Waals surface area contributed by atoms with Crippen molar-refractivity contribution in [1.29, 1.82) is 0 Å². The third-order valence-corrected chi connectivity index (χ3v) is 2.38. The van der Waals surface area contributed by atoms with Gasteiger partial charge in [0.25, 0.3) is 0 Å². The van der Waals surface area contributed by atoms with Crippen LogP contribution in [0.4, 0.5) is 0 Å². The molecule has 0 bridgehead atoms. The fraction of sp³-hybridized carbons (Fsp3) is 0.667. The highest BCUT2D eigenvalue weighted by molar-refractivity contribution is 5.08. The van der Waals surface area contributed by atoms with Crippen molar-refractivity contribution in [3.8, 4) is 0 Å². The molecule has 4 heteroatoms. The first kappa shape index (κ1) is 8.72. The van der Waals surface area contributed by atoms with E-state index in [2.05, 4.69) is 5.10 Å². The zero-order valence-corrected chi connectivity index (χ0v) is 7.90. The molecule has 0 amide bonds. The Labute approximate surface area is 77.1 Å². The zero-order valence-electron chi connectivity index (χ0n) is 7.90. The molecule has 0 saturated carbocycles. The van der Waals surface area contributed by atoms with Gasteiger partial charge in [-0.1, -0.05) is 0 Å². The van der Waals surface area contributed by atoms with Crippen molar-refractivity contribution in [1.82, 2.24) is 9.78 Å². The van der Waals surface area contributed by atoms with Gasteiger partial charge in [0.1, 0.15) is 12.1 Å². The molecule has 1 fully saturated rings.